The van der Waals surface area contributed by atoms with Gasteiger partial charge in [0.25, 0.3) is 5.91 Å². The molecule has 3 aromatic carbocycles. The SMILES string of the molecule is Cc1cccc(C)c1OCCCCn1c(CCNC(=O)c2ccccc2)nc2ccccc21. The van der Waals surface area contributed by atoms with Crippen LogP contribution in [0.1, 0.15) is 40.2 Å². The summed E-state index contributed by atoms with van der Waals surface area (Å²) in [6.07, 6.45) is 2.64. The van der Waals surface area contributed by atoms with E-state index in [1.54, 1.807) is 0 Å². The van der Waals surface area contributed by atoms with Crippen molar-refractivity contribution < 1.29 is 9.53 Å². The van der Waals surface area contributed by atoms with Crippen LogP contribution >= 0.6 is 0 Å². The minimum atomic E-state index is -0.0538. The third-order valence-corrected chi connectivity index (χ3v) is 5.83. The number of aryl methyl sites for hydroxylation is 3. The number of imidazole rings is 1. The average molecular weight is 442 g/mol. The van der Waals surface area contributed by atoms with Crippen molar-refractivity contribution in [2.45, 2.75) is 39.7 Å². The van der Waals surface area contributed by atoms with E-state index in [1.165, 1.54) is 11.1 Å². The quantitative estimate of drug-likeness (QED) is 0.331. The minimum Gasteiger partial charge on any atom is -0.493 e. The first kappa shape index (κ1) is 22.6. The Hall–Kier alpha value is -3.60. The summed E-state index contributed by atoms with van der Waals surface area (Å²) in [4.78, 5) is 17.2. The Kier molecular flexibility index (Phi) is 7.40. The van der Waals surface area contributed by atoms with Gasteiger partial charge in [-0.1, -0.05) is 48.5 Å². The number of hydrogen-bond donors (Lipinski definition) is 1. The molecule has 0 radical (unpaired) electrons. The van der Waals surface area contributed by atoms with E-state index in [2.05, 4.69) is 48.0 Å². The van der Waals surface area contributed by atoms with Crippen molar-refractivity contribution in [3.05, 3.63) is 95.3 Å². The maximum Gasteiger partial charge on any atom is 0.251 e. The zero-order valence-corrected chi connectivity index (χ0v) is 19.4. The predicted molar refractivity (Wildman–Crippen MR) is 133 cm³/mol. The lowest BCUT2D eigenvalue weighted by molar-refractivity contribution is 0.0954. The molecule has 170 valence electrons. The summed E-state index contributed by atoms with van der Waals surface area (Å²) in [5, 5.41) is 3.01. The van der Waals surface area contributed by atoms with Gasteiger partial charge in [0.05, 0.1) is 17.6 Å². The van der Waals surface area contributed by atoms with Crippen molar-refractivity contribution in [2.24, 2.45) is 0 Å². The van der Waals surface area contributed by atoms with Crippen LogP contribution < -0.4 is 10.1 Å². The molecule has 1 N–H and O–H groups in total. The van der Waals surface area contributed by atoms with E-state index in [4.69, 9.17) is 9.72 Å². The maximum absolute atomic E-state index is 12.3. The van der Waals surface area contributed by atoms with Gasteiger partial charge in [-0.25, -0.2) is 4.98 Å². The molecule has 4 aromatic rings. The number of nitrogens with zero attached hydrogens (tertiary/aromatic N) is 2. The van der Waals surface area contributed by atoms with Crippen LogP contribution in [0, 0.1) is 13.8 Å². The first-order valence-electron chi connectivity index (χ1n) is 11.6. The predicted octanol–water partition coefficient (Wildman–Crippen LogP) is 5.48. The first-order chi connectivity index (χ1) is 16.1. The highest BCUT2D eigenvalue weighted by atomic mass is 16.5. The summed E-state index contributed by atoms with van der Waals surface area (Å²) in [7, 11) is 0. The molecule has 5 heteroatoms. The zero-order valence-electron chi connectivity index (χ0n) is 19.4. The van der Waals surface area contributed by atoms with Crippen molar-refractivity contribution in [2.75, 3.05) is 13.2 Å². The van der Waals surface area contributed by atoms with E-state index in [9.17, 15) is 4.79 Å². The Morgan fingerprint density at radius 3 is 2.42 bits per heavy atom. The van der Waals surface area contributed by atoms with Crippen LogP contribution in [-0.4, -0.2) is 28.6 Å². The first-order valence-corrected chi connectivity index (χ1v) is 11.6. The van der Waals surface area contributed by atoms with Crippen LogP contribution in [0.15, 0.2) is 72.8 Å². The summed E-state index contributed by atoms with van der Waals surface area (Å²) in [5.74, 6) is 1.95. The normalized spacial score (nSPS) is 11.0. The van der Waals surface area contributed by atoms with Gasteiger partial charge in [0.1, 0.15) is 11.6 Å². The number of fused-ring (bicyclic) bond motifs is 1. The topological polar surface area (TPSA) is 56.1 Å². The third kappa shape index (κ3) is 5.61. The molecule has 0 saturated carbocycles. The van der Waals surface area contributed by atoms with E-state index in [1.807, 2.05) is 48.5 Å². The molecule has 1 aromatic heterocycles. The Balaban J connectivity index is 1.34. The van der Waals surface area contributed by atoms with Crippen molar-refractivity contribution >= 4 is 16.9 Å². The summed E-state index contributed by atoms with van der Waals surface area (Å²) in [6, 6.07) is 23.8. The van der Waals surface area contributed by atoms with E-state index in [-0.39, 0.29) is 5.91 Å². The van der Waals surface area contributed by atoms with E-state index >= 15 is 0 Å². The van der Waals surface area contributed by atoms with E-state index in [0.29, 0.717) is 25.1 Å². The minimum absolute atomic E-state index is 0.0538. The van der Waals surface area contributed by atoms with Crippen molar-refractivity contribution in [1.29, 1.82) is 0 Å². The lowest BCUT2D eigenvalue weighted by Crippen LogP contribution is -2.26. The molecule has 0 aliphatic rings. The number of nitrogens with one attached hydrogen (secondary N) is 1. The van der Waals surface area contributed by atoms with Gasteiger partial charge in [-0.05, 0) is 62.1 Å². The fraction of sp³-hybridized carbons (Fsp3) is 0.286. The van der Waals surface area contributed by atoms with Crippen LogP contribution in [0.2, 0.25) is 0 Å². The standard InChI is InChI=1S/C28H31N3O2/c1-21-11-10-12-22(2)27(21)33-20-9-8-19-31-25-16-7-6-15-24(25)30-26(31)17-18-29-28(32)23-13-4-3-5-14-23/h3-7,10-16H,8-9,17-20H2,1-2H3,(H,29,32). The van der Waals surface area contributed by atoms with Crippen molar-refractivity contribution in [3.63, 3.8) is 0 Å². The molecule has 1 heterocycles. The summed E-state index contributed by atoms with van der Waals surface area (Å²) in [5.41, 5.74) is 5.16. The number of carbonyl (C=O) groups is 1. The molecule has 0 aliphatic heterocycles. The maximum atomic E-state index is 12.3. The molecule has 5 nitrogen and oxygen atoms in total. The fourth-order valence-electron chi connectivity index (χ4n) is 4.12. The summed E-state index contributed by atoms with van der Waals surface area (Å²) < 4.78 is 8.35. The molecule has 0 atom stereocenters. The van der Waals surface area contributed by atoms with Crippen LogP contribution in [0.5, 0.6) is 5.75 Å². The van der Waals surface area contributed by atoms with Gasteiger partial charge in [-0.2, -0.15) is 0 Å². The lowest BCUT2D eigenvalue weighted by Gasteiger charge is -2.13. The number of carbonyl (C=O) groups excluding carboxylic acids is 1. The highest BCUT2D eigenvalue weighted by Gasteiger charge is 2.11. The molecule has 4 rings (SSSR count). The van der Waals surface area contributed by atoms with Gasteiger partial charge in [0.15, 0.2) is 0 Å². The number of amides is 1. The van der Waals surface area contributed by atoms with Crippen molar-refractivity contribution in [3.8, 4) is 5.75 Å². The van der Waals surface area contributed by atoms with Crippen molar-refractivity contribution in [1.82, 2.24) is 14.9 Å². The molecule has 0 spiro atoms. The number of benzene rings is 3. The molecule has 0 aliphatic carbocycles. The van der Waals surface area contributed by atoms with Gasteiger partial charge < -0.3 is 14.6 Å². The molecule has 0 unspecified atom stereocenters. The van der Waals surface area contributed by atoms with E-state index < -0.39 is 0 Å². The van der Waals surface area contributed by atoms with Crippen LogP contribution in [0.3, 0.4) is 0 Å². The number of para-hydroxylation sites is 3. The number of unbranched alkanes of at least 4 members (excludes halogenated alkanes) is 1. The lowest BCUT2D eigenvalue weighted by atomic mass is 10.1. The van der Waals surface area contributed by atoms with Crippen LogP contribution in [0.4, 0.5) is 0 Å². The van der Waals surface area contributed by atoms with Gasteiger partial charge >= 0.3 is 0 Å². The smallest absolute Gasteiger partial charge is 0.251 e. The van der Waals surface area contributed by atoms with Gasteiger partial charge in [-0.15, -0.1) is 0 Å². The molecular weight excluding hydrogens is 410 g/mol. The Bertz CT molecular complexity index is 1190. The highest BCUT2D eigenvalue weighted by molar-refractivity contribution is 5.94. The monoisotopic (exact) mass is 441 g/mol. The largest absolute Gasteiger partial charge is 0.493 e. The number of ether oxygens (including phenoxy) is 1. The second-order valence-electron chi connectivity index (χ2n) is 8.32. The summed E-state index contributed by atoms with van der Waals surface area (Å²) >= 11 is 0. The van der Waals surface area contributed by atoms with Gasteiger partial charge in [-0.3, -0.25) is 4.79 Å². The highest BCUT2D eigenvalue weighted by Crippen LogP contribution is 2.23. The molecular formula is C28H31N3O2. The zero-order chi connectivity index (χ0) is 23.0. The third-order valence-electron chi connectivity index (χ3n) is 5.83. The number of aromatic nitrogens is 2. The molecule has 0 saturated heterocycles. The Morgan fingerprint density at radius 2 is 1.64 bits per heavy atom. The van der Waals surface area contributed by atoms with Gasteiger partial charge in [0.2, 0.25) is 0 Å². The Labute approximate surface area is 195 Å². The molecule has 0 bridgehead atoms. The fourth-order valence-corrected chi connectivity index (χ4v) is 4.12. The number of hydrogen-bond acceptors (Lipinski definition) is 3. The molecule has 1 amide bonds. The summed E-state index contributed by atoms with van der Waals surface area (Å²) in [6.45, 7) is 6.29. The van der Waals surface area contributed by atoms with Crippen LogP contribution in [-0.2, 0) is 13.0 Å². The molecule has 0 fully saturated rings. The second kappa shape index (κ2) is 10.8. The average Bonchev–Trinajstić information content (AvgIpc) is 3.18. The van der Waals surface area contributed by atoms with Crippen LogP contribution in [0.25, 0.3) is 11.0 Å². The van der Waals surface area contributed by atoms with Gasteiger partial charge in [0, 0.05) is 25.1 Å². The molecule has 33 heavy (non-hydrogen) atoms. The second-order valence-corrected chi connectivity index (χ2v) is 8.32. The van der Waals surface area contributed by atoms with E-state index in [0.717, 1.165) is 42.0 Å². The number of rotatable bonds is 10. The Morgan fingerprint density at radius 1 is 0.909 bits per heavy atom.